The van der Waals surface area contributed by atoms with Crippen molar-refractivity contribution in [3.8, 4) is 0 Å². The molecule has 2 amide bonds. The minimum absolute atomic E-state index is 0.0239. The minimum Gasteiger partial charge on any atom is -0.354 e. The molecule has 21 heavy (non-hydrogen) atoms. The third-order valence-electron chi connectivity index (χ3n) is 4.26. The fraction of sp³-hybridized carbons (Fsp3) is 0.867. The van der Waals surface area contributed by atoms with Gasteiger partial charge in [-0.1, -0.05) is 13.3 Å². The van der Waals surface area contributed by atoms with E-state index in [0.717, 1.165) is 44.6 Å². The van der Waals surface area contributed by atoms with Gasteiger partial charge in [-0.25, -0.2) is 0 Å². The van der Waals surface area contributed by atoms with Crippen molar-refractivity contribution < 1.29 is 9.59 Å². The van der Waals surface area contributed by atoms with Crippen molar-refractivity contribution in [3.63, 3.8) is 0 Å². The summed E-state index contributed by atoms with van der Waals surface area (Å²) in [6.07, 6.45) is 4.72. The third-order valence-corrected chi connectivity index (χ3v) is 5.28. The molecular formula is C15H27N3O2S. The highest BCUT2D eigenvalue weighted by Crippen LogP contribution is 2.22. The fourth-order valence-corrected chi connectivity index (χ4v) is 4.04. The number of nitrogens with one attached hydrogen (secondary N) is 2. The largest absolute Gasteiger partial charge is 0.354 e. The average molecular weight is 313 g/mol. The molecule has 2 atom stereocenters. The van der Waals surface area contributed by atoms with Gasteiger partial charge in [0.15, 0.2) is 0 Å². The number of carbonyl (C=O) groups is 2. The molecule has 2 rings (SSSR count). The first-order chi connectivity index (χ1) is 10.2. The van der Waals surface area contributed by atoms with Crippen molar-refractivity contribution in [1.82, 2.24) is 15.5 Å². The molecule has 120 valence electrons. The van der Waals surface area contributed by atoms with E-state index in [2.05, 4.69) is 17.6 Å². The Balaban J connectivity index is 1.73. The van der Waals surface area contributed by atoms with E-state index in [9.17, 15) is 9.59 Å². The molecule has 0 spiro atoms. The lowest BCUT2D eigenvalue weighted by Crippen LogP contribution is -2.47. The molecule has 2 aliphatic rings. The number of hydrogen-bond acceptors (Lipinski definition) is 4. The highest BCUT2D eigenvalue weighted by molar-refractivity contribution is 7.99. The molecule has 2 fully saturated rings. The van der Waals surface area contributed by atoms with Crippen molar-refractivity contribution in [3.05, 3.63) is 0 Å². The van der Waals surface area contributed by atoms with E-state index in [0.29, 0.717) is 18.2 Å². The van der Waals surface area contributed by atoms with Gasteiger partial charge in [-0.2, -0.15) is 0 Å². The summed E-state index contributed by atoms with van der Waals surface area (Å²) in [7, 11) is 0. The molecule has 2 aliphatic heterocycles. The summed E-state index contributed by atoms with van der Waals surface area (Å²) in [6, 6.07) is -0.263. The number of nitrogens with zero attached hydrogens (tertiary/aromatic N) is 1. The van der Waals surface area contributed by atoms with Gasteiger partial charge in [0.2, 0.25) is 11.8 Å². The molecule has 0 aliphatic carbocycles. The number of rotatable bonds is 7. The molecule has 2 heterocycles. The van der Waals surface area contributed by atoms with Gasteiger partial charge in [-0.05, 0) is 38.3 Å². The number of unbranched alkanes of at least 4 members (excludes halogenated alkanes) is 1. The van der Waals surface area contributed by atoms with Crippen LogP contribution in [0.25, 0.3) is 0 Å². The van der Waals surface area contributed by atoms with Crippen LogP contribution in [0.4, 0.5) is 0 Å². The quantitative estimate of drug-likeness (QED) is 0.741. The number of carbonyl (C=O) groups excluding carboxylic acids is 2. The highest BCUT2D eigenvalue weighted by Gasteiger charge is 2.34. The molecule has 0 saturated carbocycles. The molecule has 5 nitrogen and oxygen atoms in total. The lowest BCUT2D eigenvalue weighted by molar-refractivity contribution is -0.138. The van der Waals surface area contributed by atoms with E-state index >= 15 is 0 Å². The smallest absolute Gasteiger partial charge is 0.243 e. The summed E-state index contributed by atoms with van der Waals surface area (Å²) in [6.45, 7) is 4.96. The Labute approximate surface area is 131 Å². The van der Waals surface area contributed by atoms with Gasteiger partial charge in [0, 0.05) is 18.7 Å². The first kappa shape index (κ1) is 16.6. The Bertz CT molecular complexity index is 359. The Morgan fingerprint density at radius 2 is 2.29 bits per heavy atom. The average Bonchev–Trinajstić information content (AvgIpc) is 3.15. The number of thioether (sulfide) groups is 1. The van der Waals surface area contributed by atoms with Crippen LogP contribution < -0.4 is 10.6 Å². The summed E-state index contributed by atoms with van der Waals surface area (Å²) in [4.78, 5) is 26.2. The van der Waals surface area contributed by atoms with Crippen LogP contribution in [0.2, 0.25) is 0 Å². The van der Waals surface area contributed by atoms with Crippen LogP contribution in [-0.2, 0) is 9.59 Å². The Kier molecular flexibility index (Phi) is 6.83. The first-order valence-corrected chi connectivity index (χ1v) is 9.23. The van der Waals surface area contributed by atoms with Crippen LogP contribution in [0.3, 0.4) is 0 Å². The van der Waals surface area contributed by atoms with Crippen molar-refractivity contribution >= 4 is 23.6 Å². The van der Waals surface area contributed by atoms with Crippen LogP contribution in [-0.4, -0.2) is 54.0 Å². The molecular weight excluding hydrogens is 286 g/mol. The number of hydrogen-bond donors (Lipinski definition) is 2. The van der Waals surface area contributed by atoms with Crippen LogP contribution >= 0.6 is 11.8 Å². The summed E-state index contributed by atoms with van der Waals surface area (Å²) in [5.74, 6) is 2.23. The first-order valence-electron chi connectivity index (χ1n) is 8.08. The molecule has 2 unspecified atom stereocenters. The summed E-state index contributed by atoms with van der Waals surface area (Å²) < 4.78 is 0. The summed E-state index contributed by atoms with van der Waals surface area (Å²) >= 11 is 1.67. The zero-order valence-corrected chi connectivity index (χ0v) is 13.7. The van der Waals surface area contributed by atoms with Crippen molar-refractivity contribution in [2.45, 2.75) is 45.1 Å². The van der Waals surface area contributed by atoms with Crippen molar-refractivity contribution in [2.75, 3.05) is 31.3 Å². The zero-order valence-electron chi connectivity index (χ0n) is 12.9. The number of amides is 2. The fourth-order valence-electron chi connectivity index (χ4n) is 2.86. The molecule has 0 radical (unpaired) electrons. The normalized spacial score (nSPS) is 25.3. The third kappa shape index (κ3) is 4.88. The van der Waals surface area contributed by atoms with Gasteiger partial charge in [0.05, 0.1) is 5.88 Å². The van der Waals surface area contributed by atoms with Crippen LogP contribution in [0.5, 0.6) is 0 Å². The van der Waals surface area contributed by atoms with Crippen molar-refractivity contribution in [1.29, 1.82) is 0 Å². The zero-order chi connectivity index (χ0) is 15.1. The van der Waals surface area contributed by atoms with Gasteiger partial charge in [-0.3, -0.25) is 9.59 Å². The lowest BCUT2D eigenvalue weighted by Gasteiger charge is -2.23. The van der Waals surface area contributed by atoms with Gasteiger partial charge >= 0.3 is 0 Å². The van der Waals surface area contributed by atoms with Gasteiger partial charge in [0.1, 0.15) is 6.04 Å². The minimum atomic E-state index is -0.263. The lowest BCUT2D eigenvalue weighted by atomic mass is 10.1. The summed E-state index contributed by atoms with van der Waals surface area (Å²) in [5, 5.41) is 6.36. The van der Waals surface area contributed by atoms with Crippen LogP contribution in [0.15, 0.2) is 0 Å². The highest BCUT2D eigenvalue weighted by atomic mass is 32.2. The standard InChI is InChI=1S/C15H27N3O2S/c1-2-3-4-14(19)18-11-21-10-13(18)15(20)17-8-6-12-5-7-16-9-12/h12-13,16H,2-11H2,1H3,(H,17,20). The molecule has 0 bridgehead atoms. The monoisotopic (exact) mass is 313 g/mol. The van der Waals surface area contributed by atoms with Gasteiger partial charge in [0.25, 0.3) is 0 Å². The van der Waals surface area contributed by atoms with E-state index in [-0.39, 0.29) is 17.9 Å². The van der Waals surface area contributed by atoms with Crippen LogP contribution in [0.1, 0.15) is 39.0 Å². The maximum Gasteiger partial charge on any atom is 0.243 e. The van der Waals surface area contributed by atoms with Crippen molar-refractivity contribution in [2.24, 2.45) is 5.92 Å². The van der Waals surface area contributed by atoms with E-state index < -0.39 is 0 Å². The van der Waals surface area contributed by atoms with E-state index in [4.69, 9.17) is 0 Å². The molecule has 0 aromatic carbocycles. The Morgan fingerprint density at radius 3 is 3.00 bits per heavy atom. The SMILES string of the molecule is CCCCC(=O)N1CSCC1C(=O)NCCC1CCNC1. The molecule has 2 saturated heterocycles. The predicted octanol–water partition coefficient (Wildman–Crippen LogP) is 1.19. The van der Waals surface area contributed by atoms with E-state index in [1.54, 1.807) is 16.7 Å². The van der Waals surface area contributed by atoms with Gasteiger partial charge in [-0.15, -0.1) is 11.8 Å². The second-order valence-electron chi connectivity index (χ2n) is 5.92. The van der Waals surface area contributed by atoms with Crippen LogP contribution in [0, 0.1) is 5.92 Å². The topological polar surface area (TPSA) is 61.4 Å². The van der Waals surface area contributed by atoms with E-state index in [1.165, 1.54) is 6.42 Å². The molecule has 0 aromatic heterocycles. The second kappa shape index (κ2) is 8.63. The molecule has 0 aromatic rings. The van der Waals surface area contributed by atoms with Gasteiger partial charge < -0.3 is 15.5 Å². The molecule has 2 N–H and O–H groups in total. The van der Waals surface area contributed by atoms with E-state index in [1.807, 2.05) is 0 Å². The second-order valence-corrected chi connectivity index (χ2v) is 6.92. The predicted molar refractivity (Wildman–Crippen MR) is 86.1 cm³/mol. The molecule has 6 heteroatoms. The maximum atomic E-state index is 12.3. The Hall–Kier alpha value is -0.750. The Morgan fingerprint density at radius 1 is 1.43 bits per heavy atom. The maximum absolute atomic E-state index is 12.3. The summed E-state index contributed by atoms with van der Waals surface area (Å²) in [5.41, 5.74) is 0.